The zero-order chi connectivity index (χ0) is 14.3. The second kappa shape index (κ2) is 4.31. The van der Waals surface area contributed by atoms with Crippen LogP contribution in [-0.2, 0) is 0 Å². The van der Waals surface area contributed by atoms with Crippen LogP contribution in [0.5, 0.6) is 17.2 Å². The quantitative estimate of drug-likeness (QED) is 0.634. The highest BCUT2D eigenvalue weighted by Crippen LogP contribution is 2.29. The van der Waals surface area contributed by atoms with Gasteiger partial charge in [0.15, 0.2) is 0 Å². The minimum atomic E-state index is -0.408. The van der Waals surface area contributed by atoms with Crippen LogP contribution in [0.3, 0.4) is 0 Å². The van der Waals surface area contributed by atoms with Crippen molar-refractivity contribution in [1.29, 1.82) is 0 Å². The van der Waals surface area contributed by atoms with E-state index < -0.39 is 5.43 Å². The molecule has 20 heavy (non-hydrogen) atoms. The number of benzene rings is 2. The summed E-state index contributed by atoms with van der Waals surface area (Å²) in [5.74, 6) is -0.434. The molecule has 0 amide bonds. The van der Waals surface area contributed by atoms with Crippen molar-refractivity contribution < 1.29 is 19.7 Å². The summed E-state index contributed by atoms with van der Waals surface area (Å²) in [6.07, 6.45) is 1.26. The molecule has 3 N–H and O–H groups in total. The van der Waals surface area contributed by atoms with E-state index in [4.69, 9.17) is 4.42 Å². The summed E-state index contributed by atoms with van der Waals surface area (Å²) in [6.45, 7) is 0. The number of aromatic hydroxyl groups is 3. The van der Waals surface area contributed by atoms with Crippen LogP contribution >= 0.6 is 0 Å². The maximum atomic E-state index is 12.4. The topological polar surface area (TPSA) is 90.9 Å². The third kappa shape index (κ3) is 1.85. The normalized spacial score (nSPS) is 10.8. The molecule has 1 heterocycles. The highest BCUT2D eigenvalue weighted by atomic mass is 16.3. The Morgan fingerprint density at radius 3 is 2.30 bits per heavy atom. The van der Waals surface area contributed by atoms with E-state index >= 15 is 0 Å². The van der Waals surface area contributed by atoms with E-state index in [-0.39, 0.29) is 33.8 Å². The average molecular weight is 273 g/mol. The highest BCUT2D eigenvalue weighted by Gasteiger charge is 2.13. The molecule has 0 bridgehead atoms. The van der Waals surface area contributed by atoms with Crippen molar-refractivity contribution in [2.24, 2.45) is 0 Å². The molecule has 0 aliphatic heterocycles. The van der Waals surface area contributed by atoms with Crippen molar-refractivity contribution >= 4 is 11.0 Å². The number of hydrogen-bond acceptors (Lipinski definition) is 5. The number of fused-ring (bicyclic) bond motifs is 1. The van der Waals surface area contributed by atoms with Gasteiger partial charge in [-0.1, -0.05) is 12.1 Å². The molecular weight excluding hydrogens is 263 g/mol. The SMILES string of the molecule is O=[13c]1c2c(O)cc(O)cc2oc[13c]1-[13c]1ccc(O)cc1. The molecule has 0 aliphatic carbocycles. The Balaban J connectivity index is 2.31. The Kier molecular flexibility index (Phi) is 2.61. The van der Waals surface area contributed by atoms with Crippen molar-refractivity contribution in [3.63, 3.8) is 0 Å². The van der Waals surface area contributed by atoms with E-state index in [0.717, 1.165) is 6.07 Å². The van der Waals surface area contributed by atoms with Gasteiger partial charge >= 0.3 is 0 Å². The minimum absolute atomic E-state index is 0.00775. The summed E-state index contributed by atoms with van der Waals surface area (Å²) in [4.78, 5) is 12.4. The van der Waals surface area contributed by atoms with Crippen molar-refractivity contribution in [2.45, 2.75) is 0 Å². The van der Waals surface area contributed by atoms with Gasteiger partial charge in [0.1, 0.15) is 34.5 Å². The maximum Gasteiger partial charge on any atom is 0.204 e. The zero-order valence-corrected chi connectivity index (χ0v) is 10.2. The predicted octanol–water partition coefficient (Wildman–Crippen LogP) is 2.58. The first-order chi connectivity index (χ1) is 9.56. The summed E-state index contributed by atoms with van der Waals surface area (Å²) in [6, 6.07) is 8.40. The van der Waals surface area contributed by atoms with E-state index in [9.17, 15) is 20.1 Å². The fourth-order valence-electron chi connectivity index (χ4n) is 2.06. The van der Waals surface area contributed by atoms with Crippen LogP contribution in [-0.4, -0.2) is 15.3 Å². The third-order valence-electron chi connectivity index (χ3n) is 3.02. The predicted molar refractivity (Wildman–Crippen MR) is 72.9 cm³/mol. The van der Waals surface area contributed by atoms with Gasteiger partial charge in [0.05, 0.1) is 5.56 Å². The highest BCUT2D eigenvalue weighted by molar-refractivity contribution is 5.87. The molecule has 0 fully saturated rings. The summed E-state index contributed by atoms with van der Waals surface area (Å²) in [7, 11) is 0. The summed E-state index contributed by atoms with van der Waals surface area (Å²) in [5.41, 5.74) is 0.522. The molecule has 5 heteroatoms. The number of hydrogen-bond donors (Lipinski definition) is 3. The molecule has 0 unspecified atom stereocenters. The fourth-order valence-corrected chi connectivity index (χ4v) is 2.06. The molecule has 0 saturated carbocycles. The van der Waals surface area contributed by atoms with Gasteiger partial charge in [-0.05, 0) is 17.7 Å². The number of rotatable bonds is 1. The van der Waals surface area contributed by atoms with Crippen molar-refractivity contribution in [3.8, 4) is 28.4 Å². The Morgan fingerprint density at radius 2 is 1.60 bits per heavy atom. The first-order valence-electron chi connectivity index (χ1n) is 5.83. The molecule has 3 rings (SSSR count). The Labute approximate surface area is 113 Å². The van der Waals surface area contributed by atoms with Gasteiger partial charge in [0.25, 0.3) is 0 Å². The summed E-state index contributed by atoms with van der Waals surface area (Å²) < 4.78 is 5.29. The van der Waals surface area contributed by atoms with E-state index in [1.807, 2.05) is 0 Å². The fraction of sp³-hybridized carbons (Fsp3) is 0. The van der Waals surface area contributed by atoms with Gasteiger partial charge in [-0.3, -0.25) is 4.79 Å². The second-order valence-corrected chi connectivity index (χ2v) is 4.36. The molecule has 2 aromatic carbocycles. The molecule has 0 saturated heterocycles. The Bertz CT molecular complexity index is 847. The Morgan fingerprint density at radius 1 is 0.900 bits per heavy atom. The van der Waals surface area contributed by atoms with Gasteiger partial charge in [-0.2, -0.15) is 0 Å². The molecule has 1 aromatic heterocycles. The van der Waals surface area contributed by atoms with E-state index in [1.54, 1.807) is 12.1 Å². The lowest BCUT2D eigenvalue weighted by Gasteiger charge is -2.05. The molecular formula is C15H10O5. The van der Waals surface area contributed by atoms with Crippen LogP contribution < -0.4 is 5.43 Å². The first kappa shape index (κ1) is 12.1. The van der Waals surface area contributed by atoms with Crippen molar-refractivity contribution in [3.05, 3.63) is 52.9 Å². The molecule has 0 atom stereocenters. The zero-order valence-electron chi connectivity index (χ0n) is 10.2. The maximum absolute atomic E-state index is 12.4. The van der Waals surface area contributed by atoms with Gasteiger partial charge in [-0.15, -0.1) is 0 Å². The second-order valence-electron chi connectivity index (χ2n) is 4.36. The summed E-state index contributed by atoms with van der Waals surface area (Å²) >= 11 is 0. The van der Waals surface area contributed by atoms with Crippen molar-refractivity contribution in [2.75, 3.05) is 0 Å². The lowest BCUT2D eigenvalue weighted by Crippen LogP contribution is -2.04. The van der Waals surface area contributed by atoms with Crippen LogP contribution in [0.25, 0.3) is 22.1 Å². The van der Waals surface area contributed by atoms with Crippen LogP contribution in [0.1, 0.15) is 0 Å². The number of phenols is 3. The molecule has 0 radical (unpaired) electrons. The molecule has 0 spiro atoms. The monoisotopic (exact) mass is 273 g/mol. The molecule has 100 valence electrons. The van der Waals surface area contributed by atoms with Gasteiger partial charge in [-0.25, -0.2) is 0 Å². The van der Waals surface area contributed by atoms with Crippen LogP contribution in [0.15, 0.2) is 51.9 Å². The van der Waals surface area contributed by atoms with Crippen molar-refractivity contribution in [1.82, 2.24) is 0 Å². The lowest BCUT2D eigenvalue weighted by molar-refractivity contribution is 0.452. The van der Waals surface area contributed by atoms with Crippen LogP contribution in [0.2, 0.25) is 0 Å². The lowest BCUT2D eigenvalue weighted by atomic mass is 10.2. The van der Waals surface area contributed by atoms with Crippen LogP contribution in [0, 0.1) is 0 Å². The smallest absolute Gasteiger partial charge is 0.204 e. The van der Waals surface area contributed by atoms with E-state index in [2.05, 4.69) is 0 Å². The van der Waals surface area contributed by atoms with Crippen LogP contribution in [0.4, 0.5) is 0 Å². The molecule has 5 nitrogen and oxygen atoms in total. The Hall–Kier alpha value is -2.95. The minimum Gasteiger partial charge on any atom is -0.508 e. The average Bonchev–Trinajstić information content (AvgIpc) is 2.39. The van der Waals surface area contributed by atoms with Gasteiger partial charge in [0, 0.05) is 12.1 Å². The van der Waals surface area contributed by atoms with Gasteiger partial charge < -0.3 is 19.7 Å². The first-order valence-corrected chi connectivity index (χ1v) is 5.83. The third-order valence-corrected chi connectivity index (χ3v) is 3.02. The largest absolute Gasteiger partial charge is 0.508 e. The number of phenolic OH excluding ortho intramolecular Hbond substituents is 3. The van der Waals surface area contributed by atoms with Gasteiger partial charge in [0.2, 0.25) is 5.43 Å². The standard InChI is InChI=1S/C15H10O5/c16-9-3-1-8(2-4-9)11-7-20-13-6-10(17)5-12(18)14(13)15(11)19/h1-7,16-18H/i8+1,11+1,15+1. The molecule has 0 aliphatic rings. The van der Waals surface area contributed by atoms with E-state index in [1.165, 1.54) is 24.5 Å². The van der Waals surface area contributed by atoms with E-state index in [0.29, 0.717) is 5.56 Å². The summed E-state index contributed by atoms with van der Waals surface area (Å²) in [5, 5.41) is 28.4. The molecule has 3 aromatic rings.